The van der Waals surface area contributed by atoms with Crippen molar-refractivity contribution in [3.8, 4) is 22.8 Å². The normalized spacial score (nSPS) is 11.5. The molecule has 0 atom stereocenters. The summed E-state index contributed by atoms with van der Waals surface area (Å²) in [5, 5.41) is 0.531. The van der Waals surface area contributed by atoms with Gasteiger partial charge in [-0.05, 0) is 47.9 Å². The van der Waals surface area contributed by atoms with Gasteiger partial charge in [-0.3, -0.25) is 4.55 Å². The number of benzene rings is 2. The van der Waals surface area contributed by atoms with Crippen LogP contribution in [0.1, 0.15) is 0 Å². The van der Waals surface area contributed by atoms with E-state index in [9.17, 15) is 13.0 Å². The number of methoxy groups -OCH3 is 2. The second kappa shape index (κ2) is 6.10. The third-order valence-corrected chi connectivity index (χ3v) is 4.44. The first-order chi connectivity index (χ1) is 11.4. The summed E-state index contributed by atoms with van der Waals surface area (Å²) in [6.45, 7) is 0. The number of hydrogen-bond donors (Lipinski definition) is 1. The number of pyridine rings is 1. The first-order valence-electron chi connectivity index (χ1n) is 7.03. The van der Waals surface area contributed by atoms with Gasteiger partial charge >= 0.3 is 10.1 Å². The standard InChI is InChI=1S/C17H15NO5S/c1-22-13-6-3-11(4-7-13)16-9-12-5-8-14(23-2)10-15(12)17(18-16)24(19,20)21/h3-10H,1-2H3,(H,19,20,21). The molecule has 1 N–H and O–H groups in total. The van der Waals surface area contributed by atoms with Crippen LogP contribution in [-0.4, -0.2) is 32.2 Å². The predicted octanol–water partition coefficient (Wildman–Crippen LogP) is 3.17. The summed E-state index contributed by atoms with van der Waals surface area (Å²) in [7, 11) is -1.45. The smallest absolute Gasteiger partial charge is 0.312 e. The second-order valence-electron chi connectivity index (χ2n) is 5.10. The zero-order chi connectivity index (χ0) is 17.3. The molecule has 3 rings (SSSR count). The molecule has 124 valence electrons. The maximum absolute atomic E-state index is 11.8. The molecule has 0 aliphatic rings. The largest absolute Gasteiger partial charge is 0.497 e. The van der Waals surface area contributed by atoms with Crippen molar-refractivity contribution >= 4 is 20.9 Å². The van der Waals surface area contributed by atoms with Crippen LogP contribution in [0.5, 0.6) is 11.5 Å². The lowest BCUT2D eigenvalue weighted by atomic mass is 10.1. The molecule has 3 aromatic rings. The summed E-state index contributed by atoms with van der Waals surface area (Å²) in [6, 6.07) is 13.8. The Morgan fingerprint density at radius 2 is 1.54 bits per heavy atom. The topological polar surface area (TPSA) is 85.7 Å². The number of fused-ring (bicyclic) bond motifs is 1. The van der Waals surface area contributed by atoms with Crippen LogP contribution in [-0.2, 0) is 10.1 Å². The predicted molar refractivity (Wildman–Crippen MR) is 90.1 cm³/mol. The molecule has 2 aromatic carbocycles. The molecule has 0 unspecified atom stereocenters. The van der Waals surface area contributed by atoms with E-state index in [-0.39, 0.29) is 0 Å². The van der Waals surface area contributed by atoms with E-state index in [0.29, 0.717) is 33.5 Å². The molecule has 0 fully saturated rings. The van der Waals surface area contributed by atoms with Crippen molar-refractivity contribution in [1.82, 2.24) is 4.98 Å². The molecule has 0 bridgehead atoms. The Balaban J connectivity index is 2.26. The fourth-order valence-corrected chi connectivity index (χ4v) is 3.10. The van der Waals surface area contributed by atoms with Gasteiger partial charge in [0.1, 0.15) is 11.5 Å². The summed E-state index contributed by atoms with van der Waals surface area (Å²) in [4.78, 5) is 4.14. The van der Waals surface area contributed by atoms with E-state index in [2.05, 4.69) is 4.98 Å². The Hall–Kier alpha value is -2.64. The first-order valence-corrected chi connectivity index (χ1v) is 8.47. The number of nitrogens with zero attached hydrogens (tertiary/aromatic N) is 1. The van der Waals surface area contributed by atoms with Gasteiger partial charge in [0.05, 0.1) is 19.9 Å². The van der Waals surface area contributed by atoms with Gasteiger partial charge in [-0.15, -0.1) is 0 Å². The summed E-state index contributed by atoms with van der Waals surface area (Å²) < 4.78 is 43.3. The SMILES string of the molecule is COc1ccc(-c2cc3ccc(OC)cc3c(S(=O)(=O)O)n2)cc1. The van der Waals surface area contributed by atoms with Crippen molar-refractivity contribution in [2.24, 2.45) is 0 Å². The van der Waals surface area contributed by atoms with E-state index in [0.717, 1.165) is 0 Å². The van der Waals surface area contributed by atoms with Crippen LogP contribution < -0.4 is 9.47 Å². The average Bonchev–Trinajstić information content (AvgIpc) is 2.59. The van der Waals surface area contributed by atoms with Crippen molar-refractivity contribution < 1.29 is 22.4 Å². The highest BCUT2D eigenvalue weighted by molar-refractivity contribution is 7.86. The Kier molecular flexibility index (Phi) is 4.13. The number of aromatic nitrogens is 1. The molecular weight excluding hydrogens is 330 g/mol. The summed E-state index contributed by atoms with van der Waals surface area (Å²) in [5.41, 5.74) is 1.14. The lowest BCUT2D eigenvalue weighted by molar-refractivity contribution is 0.415. The summed E-state index contributed by atoms with van der Waals surface area (Å²) >= 11 is 0. The molecule has 0 aliphatic carbocycles. The molecule has 0 saturated carbocycles. The fourth-order valence-electron chi connectivity index (χ4n) is 2.43. The summed E-state index contributed by atoms with van der Waals surface area (Å²) in [5.74, 6) is 1.16. The molecule has 1 aromatic heterocycles. The first kappa shape index (κ1) is 16.2. The van der Waals surface area contributed by atoms with Crippen molar-refractivity contribution in [1.29, 1.82) is 0 Å². The van der Waals surface area contributed by atoms with Gasteiger partial charge in [0.2, 0.25) is 0 Å². The van der Waals surface area contributed by atoms with Crippen LogP contribution in [0.25, 0.3) is 22.0 Å². The van der Waals surface area contributed by atoms with Gasteiger partial charge in [0, 0.05) is 10.9 Å². The van der Waals surface area contributed by atoms with Crippen molar-refractivity contribution in [2.45, 2.75) is 5.03 Å². The zero-order valence-corrected chi connectivity index (χ0v) is 13.9. The maximum Gasteiger partial charge on any atom is 0.312 e. The Bertz CT molecular complexity index is 997. The highest BCUT2D eigenvalue weighted by Crippen LogP contribution is 2.30. The lowest BCUT2D eigenvalue weighted by Crippen LogP contribution is -2.04. The van der Waals surface area contributed by atoms with E-state index >= 15 is 0 Å². The van der Waals surface area contributed by atoms with Gasteiger partial charge in [-0.1, -0.05) is 6.07 Å². The van der Waals surface area contributed by atoms with Crippen LogP contribution in [0, 0.1) is 0 Å². The Morgan fingerprint density at radius 3 is 2.12 bits per heavy atom. The number of hydrogen-bond acceptors (Lipinski definition) is 5. The van der Waals surface area contributed by atoms with Crippen LogP contribution in [0.15, 0.2) is 53.6 Å². The van der Waals surface area contributed by atoms with Gasteiger partial charge in [0.15, 0.2) is 5.03 Å². The van der Waals surface area contributed by atoms with Crippen LogP contribution >= 0.6 is 0 Å². The van der Waals surface area contributed by atoms with Crippen molar-refractivity contribution in [2.75, 3.05) is 14.2 Å². The van der Waals surface area contributed by atoms with E-state index in [1.54, 1.807) is 49.6 Å². The number of ether oxygens (including phenoxy) is 2. The van der Waals surface area contributed by atoms with Crippen molar-refractivity contribution in [3.63, 3.8) is 0 Å². The molecule has 0 amide bonds. The molecule has 6 nitrogen and oxygen atoms in total. The van der Waals surface area contributed by atoms with E-state index in [1.165, 1.54) is 13.2 Å². The molecule has 24 heavy (non-hydrogen) atoms. The Morgan fingerprint density at radius 1 is 0.917 bits per heavy atom. The fraction of sp³-hybridized carbons (Fsp3) is 0.118. The molecule has 0 aliphatic heterocycles. The van der Waals surface area contributed by atoms with Gasteiger partial charge < -0.3 is 9.47 Å². The highest BCUT2D eigenvalue weighted by Gasteiger charge is 2.19. The molecular formula is C17H15NO5S. The highest BCUT2D eigenvalue weighted by atomic mass is 32.2. The third-order valence-electron chi connectivity index (χ3n) is 3.64. The minimum atomic E-state index is -4.49. The minimum Gasteiger partial charge on any atom is -0.497 e. The third kappa shape index (κ3) is 3.04. The molecule has 0 spiro atoms. The quantitative estimate of drug-likeness (QED) is 0.731. The van der Waals surface area contributed by atoms with E-state index < -0.39 is 15.1 Å². The molecule has 0 radical (unpaired) electrons. The molecule has 1 heterocycles. The monoisotopic (exact) mass is 345 g/mol. The molecule has 7 heteroatoms. The minimum absolute atomic E-state index is 0.300. The number of rotatable bonds is 4. The van der Waals surface area contributed by atoms with Crippen LogP contribution in [0.2, 0.25) is 0 Å². The van der Waals surface area contributed by atoms with Crippen LogP contribution in [0.3, 0.4) is 0 Å². The summed E-state index contributed by atoms with van der Waals surface area (Å²) in [6.07, 6.45) is 0. The van der Waals surface area contributed by atoms with Crippen molar-refractivity contribution in [3.05, 3.63) is 48.5 Å². The zero-order valence-electron chi connectivity index (χ0n) is 13.1. The van der Waals surface area contributed by atoms with Gasteiger partial charge in [-0.2, -0.15) is 8.42 Å². The van der Waals surface area contributed by atoms with Gasteiger partial charge in [0.25, 0.3) is 0 Å². The second-order valence-corrected chi connectivity index (χ2v) is 6.44. The Labute approximate surface area is 139 Å². The van der Waals surface area contributed by atoms with Crippen LogP contribution in [0.4, 0.5) is 0 Å². The molecule has 0 saturated heterocycles. The lowest BCUT2D eigenvalue weighted by Gasteiger charge is -2.10. The van der Waals surface area contributed by atoms with E-state index in [4.69, 9.17) is 9.47 Å². The maximum atomic E-state index is 11.8. The van der Waals surface area contributed by atoms with E-state index in [1.807, 2.05) is 0 Å². The average molecular weight is 345 g/mol. The van der Waals surface area contributed by atoms with Gasteiger partial charge in [-0.25, -0.2) is 4.98 Å².